The minimum Gasteiger partial charge on any atom is -0.399 e. The number of hydrogen-bond acceptors (Lipinski definition) is 5. The van der Waals surface area contributed by atoms with Gasteiger partial charge in [-0.1, -0.05) is 12.1 Å². The van der Waals surface area contributed by atoms with Crippen LogP contribution in [0.25, 0.3) is 0 Å². The lowest BCUT2D eigenvalue weighted by Crippen LogP contribution is -2.11. The van der Waals surface area contributed by atoms with Gasteiger partial charge < -0.3 is 24.7 Å². The summed E-state index contributed by atoms with van der Waals surface area (Å²) >= 11 is 0. The Morgan fingerprint density at radius 2 is 1.50 bits per heavy atom. The van der Waals surface area contributed by atoms with E-state index in [-0.39, 0.29) is 0 Å². The molecule has 0 heterocycles. The van der Waals surface area contributed by atoms with E-state index in [1.54, 1.807) is 7.11 Å². The summed E-state index contributed by atoms with van der Waals surface area (Å²) in [5.41, 5.74) is 8.84. The molecule has 0 saturated heterocycles. The van der Waals surface area contributed by atoms with Crippen molar-refractivity contribution in [2.45, 2.75) is 13.5 Å². The molecular weight excluding hydrogens is 258 g/mol. The molecule has 0 aliphatic carbocycles. The molecule has 0 spiro atoms. The van der Waals surface area contributed by atoms with Crippen LogP contribution in [0.4, 0.5) is 5.69 Å². The van der Waals surface area contributed by atoms with Crippen molar-refractivity contribution in [2.24, 2.45) is 0 Å². The predicted molar refractivity (Wildman–Crippen MR) is 78.8 cm³/mol. The summed E-state index contributed by atoms with van der Waals surface area (Å²) < 4.78 is 21.1. The smallest absolute Gasteiger partial charge is 0.0721 e. The molecule has 2 N–H and O–H groups in total. The standard InChI is InChI=1S/C15H25NO4/c1-13-14(4-3-5-15(13)16)12-20-11-10-19-9-8-18-7-6-17-2/h3-5H,6-12,16H2,1-2H3. The molecule has 1 aromatic rings. The third-order valence-electron chi connectivity index (χ3n) is 2.92. The topological polar surface area (TPSA) is 62.9 Å². The lowest BCUT2D eigenvalue weighted by Gasteiger charge is -2.09. The second kappa shape index (κ2) is 10.6. The highest BCUT2D eigenvalue weighted by Crippen LogP contribution is 2.15. The van der Waals surface area contributed by atoms with E-state index in [9.17, 15) is 0 Å². The fourth-order valence-corrected chi connectivity index (χ4v) is 1.62. The van der Waals surface area contributed by atoms with Crippen LogP contribution in [0.2, 0.25) is 0 Å². The van der Waals surface area contributed by atoms with Gasteiger partial charge in [0.1, 0.15) is 0 Å². The van der Waals surface area contributed by atoms with Crippen molar-refractivity contribution in [1.82, 2.24) is 0 Å². The van der Waals surface area contributed by atoms with Crippen LogP contribution >= 0.6 is 0 Å². The number of rotatable bonds is 11. The maximum absolute atomic E-state index is 5.84. The van der Waals surface area contributed by atoms with Gasteiger partial charge in [-0.15, -0.1) is 0 Å². The average molecular weight is 283 g/mol. The molecule has 0 aliphatic heterocycles. The summed E-state index contributed by atoms with van der Waals surface area (Å²) in [7, 11) is 1.65. The lowest BCUT2D eigenvalue weighted by molar-refractivity contribution is 0.000819. The molecule has 5 nitrogen and oxygen atoms in total. The molecular formula is C15H25NO4. The van der Waals surface area contributed by atoms with Crippen LogP contribution in [0.1, 0.15) is 11.1 Å². The van der Waals surface area contributed by atoms with Crippen molar-refractivity contribution in [3.8, 4) is 0 Å². The van der Waals surface area contributed by atoms with E-state index >= 15 is 0 Å². The molecule has 1 rings (SSSR count). The van der Waals surface area contributed by atoms with Crippen molar-refractivity contribution >= 4 is 5.69 Å². The molecule has 0 fully saturated rings. The first-order valence-corrected chi connectivity index (χ1v) is 6.82. The van der Waals surface area contributed by atoms with Gasteiger partial charge in [-0.05, 0) is 24.1 Å². The van der Waals surface area contributed by atoms with Crippen molar-refractivity contribution in [3.05, 3.63) is 29.3 Å². The molecule has 0 aliphatic rings. The summed E-state index contributed by atoms with van der Waals surface area (Å²) in [6, 6.07) is 5.86. The fourth-order valence-electron chi connectivity index (χ4n) is 1.62. The lowest BCUT2D eigenvalue weighted by atomic mass is 10.1. The van der Waals surface area contributed by atoms with E-state index in [0.717, 1.165) is 16.8 Å². The van der Waals surface area contributed by atoms with E-state index in [0.29, 0.717) is 46.2 Å². The number of methoxy groups -OCH3 is 1. The monoisotopic (exact) mass is 283 g/mol. The van der Waals surface area contributed by atoms with E-state index in [2.05, 4.69) is 0 Å². The van der Waals surface area contributed by atoms with Crippen LogP contribution in [0.3, 0.4) is 0 Å². The Balaban J connectivity index is 1.98. The van der Waals surface area contributed by atoms with Gasteiger partial charge in [-0.2, -0.15) is 0 Å². The van der Waals surface area contributed by atoms with Crippen LogP contribution in [0.5, 0.6) is 0 Å². The zero-order valence-corrected chi connectivity index (χ0v) is 12.4. The third kappa shape index (κ3) is 6.86. The van der Waals surface area contributed by atoms with Crippen LogP contribution in [0.15, 0.2) is 18.2 Å². The van der Waals surface area contributed by atoms with Gasteiger partial charge in [-0.3, -0.25) is 0 Å². The summed E-state index contributed by atoms with van der Waals surface area (Å²) in [5, 5.41) is 0. The SMILES string of the molecule is COCCOCCOCCOCc1cccc(N)c1C. The maximum atomic E-state index is 5.84. The highest BCUT2D eigenvalue weighted by Gasteiger charge is 2.01. The van der Waals surface area contributed by atoms with Gasteiger partial charge in [0.05, 0.1) is 46.2 Å². The Bertz CT molecular complexity index is 371. The van der Waals surface area contributed by atoms with Gasteiger partial charge in [0.25, 0.3) is 0 Å². The quantitative estimate of drug-likeness (QED) is 0.495. The number of benzene rings is 1. The normalized spacial score (nSPS) is 10.9. The largest absolute Gasteiger partial charge is 0.399 e. The van der Waals surface area contributed by atoms with E-state index in [1.807, 2.05) is 25.1 Å². The van der Waals surface area contributed by atoms with Crippen LogP contribution in [-0.4, -0.2) is 46.8 Å². The summed E-state index contributed by atoms with van der Waals surface area (Å²) in [4.78, 5) is 0. The first kappa shape index (κ1) is 16.9. The van der Waals surface area contributed by atoms with Gasteiger partial charge in [0, 0.05) is 12.8 Å². The van der Waals surface area contributed by atoms with Gasteiger partial charge >= 0.3 is 0 Å². The van der Waals surface area contributed by atoms with E-state index < -0.39 is 0 Å². The van der Waals surface area contributed by atoms with Crippen LogP contribution < -0.4 is 5.73 Å². The van der Waals surface area contributed by atoms with Crippen LogP contribution in [0, 0.1) is 6.92 Å². The van der Waals surface area contributed by atoms with Gasteiger partial charge in [0.2, 0.25) is 0 Å². The Morgan fingerprint density at radius 3 is 2.15 bits per heavy atom. The fraction of sp³-hybridized carbons (Fsp3) is 0.600. The zero-order chi connectivity index (χ0) is 14.6. The minimum absolute atomic E-state index is 0.560. The third-order valence-corrected chi connectivity index (χ3v) is 2.92. The number of nitrogens with two attached hydrogens (primary N) is 1. The molecule has 0 amide bonds. The minimum atomic E-state index is 0.560. The van der Waals surface area contributed by atoms with Crippen molar-refractivity contribution in [3.63, 3.8) is 0 Å². The Hall–Kier alpha value is -1.14. The Kier molecular flexibility index (Phi) is 8.98. The van der Waals surface area contributed by atoms with Crippen LogP contribution in [-0.2, 0) is 25.6 Å². The second-order valence-electron chi connectivity index (χ2n) is 4.40. The number of nitrogen functional groups attached to an aromatic ring is 1. The molecule has 20 heavy (non-hydrogen) atoms. The Labute approximate surface area is 121 Å². The molecule has 5 heteroatoms. The van der Waals surface area contributed by atoms with Gasteiger partial charge in [-0.25, -0.2) is 0 Å². The van der Waals surface area contributed by atoms with Crippen molar-refractivity contribution in [2.75, 3.05) is 52.5 Å². The number of ether oxygens (including phenoxy) is 4. The summed E-state index contributed by atoms with van der Waals surface area (Å²) in [6.07, 6.45) is 0. The first-order valence-electron chi connectivity index (χ1n) is 6.82. The average Bonchev–Trinajstić information content (AvgIpc) is 2.45. The molecule has 1 aromatic carbocycles. The highest BCUT2D eigenvalue weighted by molar-refractivity contribution is 5.49. The second-order valence-corrected chi connectivity index (χ2v) is 4.40. The molecule has 0 radical (unpaired) electrons. The molecule has 0 atom stereocenters. The van der Waals surface area contributed by atoms with Crippen molar-refractivity contribution < 1.29 is 18.9 Å². The molecule has 0 bridgehead atoms. The maximum Gasteiger partial charge on any atom is 0.0721 e. The molecule has 0 aromatic heterocycles. The summed E-state index contributed by atoms with van der Waals surface area (Å²) in [6.45, 7) is 6.06. The molecule has 0 unspecified atom stereocenters. The Morgan fingerprint density at radius 1 is 0.900 bits per heavy atom. The molecule has 114 valence electrons. The zero-order valence-electron chi connectivity index (χ0n) is 12.4. The number of anilines is 1. The van der Waals surface area contributed by atoms with E-state index in [1.165, 1.54) is 0 Å². The highest BCUT2D eigenvalue weighted by atomic mass is 16.6. The summed E-state index contributed by atoms with van der Waals surface area (Å²) in [5.74, 6) is 0. The van der Waals surface area contributed by atoms with Gasteiger partial charge in [0.15, 0.2) is 0 Å². The molecule has 0 saturated carbocycles. The van der Waals surface area contributed by atoms with E-state index in [4.69, 9.17) is 24.7 Å². The predicted octanol–water partition coefficient (Wildman–Crippen LogP) is 1.77. The first-order chi connectivity index (χ1) is 9.75. The van der Waals surface area contributed by atoms with Crippen molar-refractivity contribution in [1.29, 1.82) is 0 Å². The number of hydrogen-bond donors (Lipinski definition) is 1.